The first-order valence-electron chi connectivity index (χ1n) is 14.2. The number of likely N-dealkylation sites (N-methyl/N-ethyl adjacent to an activating group) is 1. The van der Waals surface area contributed by atoms with Crippen LogP contribution in [0.15, 0.2) is 41.2 Å². The normalized spacial score (nSPS) is 35.7. The molecule has 1 amide bonds. The van der Waals surface area contributed by atoms with Crippen LogP contribution in [0.1, 0.15) is 52.9 Å². The molecule has 2 aromatic rings. The molecule has 3 heterocycles. The van der Waals surface area contributed by atoms with Crippen molar-refractivity contribution in [3.63, 3.8) is 0 Å². The molecule has 0 radical (unpaired) electrons. The second-order valence-electron chi connectivity index (χ2n) is 11.0. The molecule has 3 aliphatic carbocycles. The highest BCUT2D eigenvalue weighted by molar-refractivity contribution is 5.92. The second-order valence-corrected chi connectivity index (χ2v) is 11.0. The summed E-state index contributed by atoms with van der Waals surface area (Å²) in [4.78, 5) is 16.9. The molecule has 7 rings (SSSR count). The molecule has 3 fully saturated rings. The van der Waals surface area contributed by atoms with Crippen molar-refractivity contribution in [3.05, 3.63) is 53.5 Å². The van der Waals surface area contributed by atoms with Gasteiger partial charge in [-0.1, -0.05) is 6.07 Å². The Hall–Kier alpha value is -2.48. The van der Waals surface area contributed by atoms with Gasteiger partial charge in [0.2, 0.25) is 5.91 Å². The number of likely N-dealkylation sites (tertiary alicyclic amines) is 1. The van der Waals surface area contributed by atoms with Crippen molar-refractivity contribution in [1.82, 2.24) is 9.80 Å². The third kappa shape index (κ3) is 3.15. The minimum atomic E-state index is -2.72. The van der Waals surface area contributed by atoms with Crippen molar-refractivity contribution in [2.45, 2.75) is 67.7 Å². The summed E-state index contributed by atoms with van der Waals surface area (Å²) in [5.41, 5.74) is 0.438. The van der Waals surface area contributed by atoms with Crippen molar-refractivity contribution in [2.75, 3.05) is 20.1 Å². The molecule has 2 saturated carbocycles. The molecule has 5 atom stereocenters. The summed E-state index contributed by atoms with van der Waals surface area (Å²) in [6, 6.07) is 4.30. The van der Waals surface area contributed by atoms with Gasteiger partial charge in [0.05, 0.1) is 29.6 Å². The minimum Gasteiger partial charge on any atom is -0.504 e. The van der Waals surface area contributed by atoms with E-state index >= 15 is 0 Å². The highest BCUT2D eigenvalue weighted by Crippen LogP contribution is 2.66. The number of furan rings is 1. The number of ether oxygens (including phenoxy) is 1. The largest absolute Gasteiger partial charge is 0.504 e. The Kier molecular flexibility index (Phi) is 4.72. The highest BCUT2D eigenvalue weighted by Gasteiger charge is 2.73. The quantitative estimate of drug-likeness (QED) is 0.467. The molecule has 1 aromatic carbocycles. The second kappa shape index (κ2) is 8.27. The fourth-order valence-corrected chi connectivity index (χ4v) is 7.50. The van der Waals surface area contributed by atoms with Crippen LogP contribution in [0, 0.1) is 5.92 Å². The molecule has 2 aliphatic heterocycles. The maximum Gasteiger partial charge on any atom is 0.246 e. The van der Waals surface area contributed by atoms with Crippen LogP contribution in [0.3, 0.4) is 0 Å². The van der Waals surface area contributed by atoms with E-state index < -0.39 is 36.0 Å². The van der Waals surface area contributed by atoms with Crippen LogP contribution in [-0.2, 0) is 16.6 Å². The van der Waals surface area contributed by atoms with Gasteiger partial charge in [-0.05, 0) is 74.8 Å². The summed E-state index contributed by atoms with van der Waals surface area (Å²) < 4.78 is 36.5. The van der Waals surface area contributed by atoms with Gasteiger partial charge < -0.3 is 24.3 Å². The minimum absolute atomic E-state index is 0. The Morgan fingerprint density at radius 1 is 1.31 bits per heavy atom. The number of aliphatic hydroxyl groups is 1. The van der Waals surface area contributed by atoms with Gasteiger partial charge in [-0.25, -0.2) is 0 Å². The van der Waals surface area contributed by atoms with E-state index in [1.54, 1.807) is 12.1 Å². The zero-order valence-corrected chi connectivity index (χ0v) is 20.7. The molecular formula is C28H33ClN2O5. The number of hydrogen-bond acceptors (Lipinski definition) is 6. The Balaban J connectivity index is 0.00000277. The number of phenols is 1. The van der Waals surface area contributed by atoms with Crippen molar-refractivity contribution in [1.29, 1.82) is 0 Å². The molecule has 2 N–H and O–H groups in total. The van der Waals surface area contributed by atoms with E-state index in [-0.39, 0.29) is 30.6 Å². The maximum atomic E-state index is 13.5. The molecule has 1 saturated heterocycles. The zero-order valence-electron chi connectivity index (χ0n) is 22.9. The third-order valence-electron chi connectivity index (χ3n) is 9.26. The van der Waals surface area contributed by atoms with Crippen molar-refractivity contribution in [3.8, 4) is 11.5 Å². The summed E-state index contributed by atoms with van der Waals surface area (Å²) in [5.74, 6) is 0.334. The van der Waals surface area contributed by atoms with Gasteiger partial charge in [-0.2, -0.15) is 0 Å². The predicted molar refractivity (Wildman–Crippen MR) is 136 cm³/mol. The molecule has 192 valence electrons. The standard InChI is InChI=1S/C28H32N2O5.ClH/c1-29(23(32)7-4-18-9-13-34-16-18)20-8-10-28(33)22-14-19-5-6-21(31)25-24(19)27(28,26(20)35-25)11-12-30(22)15-17-2-3-17;/h4-7,9,13,16-17,20,22,26,31,33H,2-3,8,10-12,14-15H2,1H3;1H/b7-4+;/t20-,22?,26+,27+,28-;/m1./s1/i1+1D3;. The Morgan fingerprint density at radius 2 is 2.17 bits per heavy atom. The van der Waals surface area contributed by atoms with Crippen molar-refractivity contribution >= 4 is 24.4 Å². The summed E-state index contributed by atoms with van der Waals surface area (Å²) in [6.07, 6.45) is 9.25. The number of nitrogens with zero attached hydrogens (tertiary/aromatic N) is 2. The van der Waals surface area contributed by atoms with Gasteiger partial charge in [-0.3, -0.25) is 9.69 Å². The number of phenolic OH excluding ortho intramolecular Hbond substituents is 1. The van der Waals surface area contributed by atoms with E-state index in [0.29, 0.717) is 36.5 Å². The van der Waals surface area contributed by atoms with Crippen molar-refractivity contribution < 1.29 is 28.3 Å². The number of rotatable bonds is 5. The number of carbonyl (C=O) groups excluding carboxylic acids is 1. The van der Waals surface area contributed by atoms with E-state index in [0.717, 1.165) is 29.1 Å². The lowest BCUT2D eigenvalue weighted by atomic mass is 9.48. The number of hydrogen-bond donors (Lipinski definition) is 2. The summed E-state index contributed by atoms with van der Waals surface area (Å²) in [6.45, 7) is -1.01. The van der Waals surface area contributed by atoms with Gasteiger partial charge in [0.15, 0.2) is 11.5 Å². The number of carbonyl (C=O) groups is 1. The lowest BCUT2D eigenvalue weighted by molar-refractivity contribution is -0.200. The van der Waals surface area contributed by atoms with Gasteiger partial charge in [0.1, 0.15) is 6.10 Å². The average molecular weight is 517 g/mol. The van der Waals surface area contributed by atoms with Crippen molar-refractivity contribution in [2.24, 2.45) is 5.92 Å². The number of halogens is 1. The van der Waals surface area contributed by atoms with Gasteiger partial charge >= 0.3 is 0 Å². The maximum absolute atomic E-state index is 13.5. The monoisotopic (exact) mass is 516 g/mol. The Bertz CT molecular complexity index is 1310. The smallest absolute Gasteiger partial charge is 0.246 e. The van der Waals surface area contributed by atoms with Gasteiger partial charge in [-0.15, -0.1) is 12.4 Å². The molecule has 1 aromatic heterocycles. The lowest BCUT2D eigenvalue weighted by Crippen LogP contribution is -2.78. The number of benzene rings is 1. The molecule has 5 aliphatic rings. The fourth-order valence-electron chi connectivity index (χ4n) is 7.50. The van der Waals surface area contributed by atoms with Gasteiger partial charge in [0, 0.05) is 40.9 Å². The topological polar surface area (TPSA) is 86.4 Å². The zero-order chi connectivity index (χ0) is 26.4. The van der Waals surface area contributed by atoms with E-state index in [2.05, 4.69) is 4.90 Å². The number of amides is 1. The molecule has 1 unspecified atom stereocenters. The third-order valence-corrected chi connectivity index (χ3v) is 9.26. The molecule has 8 heteroatoms. The van der Waals surface area contributed by atoms with E-state index in [9.17, 15) is 15.0 Å². The summed E-state index contributed by atoms with van der Waals surface area (Å²) >= 11 is 0. The van der Waals surface area contributed by atoms with Crippen LogP contribution in [-0.4, -0.2) is 69.8 Å². The fraction of sp³-hybridized carbons (Fsp3) is 0.536. The molecule has 1 spiro atoms. The Morgan fingerprint density at radius 3 is 2.92 bits per heavy atom. The highest BCUT2D eigenvalue weighted by atomic mass is 35.5. The van der Waals surface area contributed by atoms with E-state index in [1.807, 2.05) is 6.07 Å². The SMILES string of the molecule is Cl.[2H][13C]([2H])([2H])N(C(=O)/C=C/c1ccoc1)[C@@H]1CC[C@@]2(O)C3Cc4ccc(O)c5c4[C@@]2(CCN3CC2CC2)[C@H]1O5. The van der Waals surface area contributed by atoms with Crippen LogP contribution in [0.25, 0.3) is 6.08 Å². The molecular weight excluding hydrogens is 481 g/mol. The molecule has 7 nitrogen and oxygen atoms in total. The van der Waals surface area contributed by atoms with Gasteiger partial charge in [0.25, 0.3) is 0 Å². The van der Waals surface area contributed by atoms with E-state index in [1.165, 1.54) is 37.5 Å². The van der Waals surface area contributed by atoms with Crippen LogP contribution in [0.4, 0.5) is 0 Å². The van der Waals surface area contributed by atoms with Crippen LogP contribution < -0.4 is 4.74 Å². The van der Waals surface area contributed by atoms with Crippen LogP contribution in [0.2, 0.25) is 0 Å². The first-order valence-corrected chi connectivity index (χ1v) is 12.7. The molecule has 36 heavy (non-hydrogen) atoms. The number of piperidine rings is 1. The average Bonchev–Trinajstić information content (AvgIpc) is 3.37. The first kappa shape index (κ1) is 20.6. The first-order chi connectivity index (χ1) is 18.1. The van der Waals surface area contributed by atoms with E-state index in [4.69, 9.17) is 13.3 Å². The van der Waals surface area contributed by atoms with Crippen LogP contribution in [0.5, 0.6) is 11.5 Å². The summed E-state index contributed by atoms with van der Waals surface area (Å²) in [7, 11) is 0. The van der Waals surface area contributed by atoms with Crippen LogP contribution >= 0.6 is 12.4 Å². The lowest BCUT2D eigenvalue weighted by Gasteiger charge is -2.64. The summed E-state index contributed by atoms with van der Waals surface area (Å²) in [5, 5.41) is 23.4. The predicted octanol–water partition coefficient (Wildman–Crippen LogP) is 3.51. The molecule has 2 bridgehead atoms. The number of aromatic hydroxyl groups is 1. The Labute approximate surface area is 221 Å².